The van der Waals surface area contributed by atoms with Gasteiger partial charge in [-0.25, -0.2) is 4.68 Å². The Morgan fingerprint density at radius 2 is 2.31 bits per heavy atom. The zero-order valence-electron chi connectivity index (χ0n) is 7.40. The molecule has 3 rings (SSSR count). The molecule has 0 amide bonds. The van der Waals surface area contributed by atoms with Crippen molar-refractivity contribution in [2.24, 2.45) is 0 Å². The lowest BCUT2D eigenvalue weighted by Gasteiger charge is -2.00. The summed E-state index contributed by atoms with van der Waals surface area (Å²) in [6.45, 7) is 2.92. The topological polar surface area (TPSA) is 27.1 Å². The minimum absolute atomic E-state index is 0.257. The molecule has 0 aliphatic carbocycles. The van der Waals surface area contributed by atoms with Crippen LogP contribution in [0, 0.1) is 0 Å². The molecule has 0 N–H and O–H groups in total. The number of ether oxygens (including phenoxy) is 1. The second kappa shape index (κ2) is 2.25. The molecule has 2 aromatic rings. The van der Waals surface area contributed by atoms with Gasteiger partial charge in [0.25, 0.3) is 0 Å². The van der Waals surface area contributed by atoms with Crippen LogP contribution < -0.4 is 4.74 Å². The summed E-state index contributed by atoms with van der Waals surface area (Å²) in [5, 5.41) is 5.55. The van der Waals surface area contributed by atoms with Crippen LogP contribution in [-0.4, -0.2) is 15.9 Å². The molecule has 1 aliphatic rings. The van der Waals surface area contributed by atoms with E-state index >= 15 is 0 Å². The van der Waals surface area contributed by atoms with Gasteiger partial charge in [-0.1, -0.05) is 12.1 Å². The molecule has 1 unspecified atom stereocenters. The minimum Gasteiger partial charge on any atom is -0.472 e. The van der Waals surface area contributed by atoms with Crippen molar-refractivity contribution >= 4 is 10.9 Å². The first-order valence-corrected chi connectivity index (χ1v) is 4.47. The number of benzene rings is 1. The third-order valence-electron chi connectivity index (χ3n) is 2.34. The predicted octanol–water partition coefficient (Wildman–Crippen LogP) is 1.82. The molecule has 1 aliphatic heterocycles. The van der Waals surface area contributed by atoms with E-state index in [1.165, 1.54) is 0 Å². The van der Waals surface area contributed by atoms with Crippen LogP contribution in [0.25, 0.3) is 10.9 Å². The van der Waals surface area contributed by atoms with E-state index in [2.05, 4.69) is 12.0 Å². The molecule has 0 spiro atoms. The van der Waals surface area contributed by atoms with Crippen LogP contribution in [0.2, 0.25) is 0 Å². The average molecular weight is 174 g/mol. The number of nitrogens with zero attached hydrogens (tertiary/aromatic N) is 2. The number of aromatic nitrogens is 2. The molecular formula is C10H10N2O. The van der Waals surface area contributed by atoms with Crippen LogP contribution in [0.5, 0.6) is 5.88 Å². The molecule has 0 saturated carbocycles. The average Bonchev–Trinajstić information content (AvgIpc) is 2.60. The van der Waals surface area contributed by atoms with Crippen molar-refractivity contribution in [2.45, 2.75) is 19.6 Å². The van der Waals surface area contributed by atoms with Crippen molar-refractivity contribution in [1.82, 2.24) is 9.78 Å². The van der Waals surface area contributed by atoms with Crippen molar-refractivity contribution in [3.05, 3.63) is 24.3 Å². The zero-order chi connectivity index (χ0) is 8.84. The normalized spacial score (nSPS) is 20.2. The maximum absolute atomic E-state index is 5.66. The first-order chi connectivity index (χ1) is 6.34. The summed E-state index contributed by atoms with van der Waals surface area (Å²) < 4.78 is 7.60. The van der Waals surface area contributed by atoms with E-state index < -0.39 is 0 Å². The maximum Gasteiger partial charge on any atom is 0.220 e. The van der Waals surface area contributed by atoms with Crippen LogP contribution in [-0.2, 0) is 6.54 Å². The van der Waals surface area contributed by atoms with E-state index in [1.54, 1.807) is 0 Å². The van der Waals surface area contributed by atoms with Crippen molar-refractivity contribution in [3.8, 4) is 5.88 Å². The van der Waals surface area contributed by atoms with Crippen LogP contribution in [0.1, 0.15) is 6.92 Å². The first-order valence-electron chi connectivity index (χ1n) is 4.47. The Hall–Kier alpha value is -1.51. The van der Waals surface area contributed by atoms with Gasteiger partial charge in [-0.05, 0) is 19.1 Å². The molecule has 0 radical (unpaired) electrons. The number of rotatable bonds is 0. The Bertz CT molecular complexity index is 461. The molecule has 0 bridgehead atoms. The van der Waals surface area contributed by atoms with E-state index in [-0.39, 0.29) is 6.10 Å². The standard InChI is InChI=1S/C10H10N2O/c1-7-6-12-10(13-7)8-4-2-3-5-9(8)11-12/h2-5,7H,6H2,1H3. The lowest BCUT2D eigenvalue weighted by molar-refractivity contribution is 0.256. The SMILES string of the molecule is CC1Cn2nc3ccccc3c2O1. The quantitative estimate of drug-likeness (QED) is 0.609. The summed E-state index contributed by atoms with van der Waals surface area (Å²) in [5.74, 6) is 0.920. The Morgan fingerprint density at radius 3 is 3.23 bits per heavy atom. The van der Waals surface area contributed by atoms with Crippen LogP contribution >= 0.6 is 0 Å². The lowest BCUT2D eigenvalue weighted by atomic mass is 10.2. The van der Waals surface area contributed by atoms with Gasteiger partial charge in [0.2, 0.25) is 5.88 Å². The fourth-order valence-corrected chi connectivity index (χ4v) is 1.78. The van der Waals surface area contributed by atoms with Crippen molar-refractivity contribution in [1.29, 1.82) is 0 Å². The third kappa shape index (κ3) is 0.869. The Labute approximate surface area is 75.9 Å². The van der Waals surface area contributed by atoms with Crippen LogP contribution in [0.15, 0.2) is 24.3 Å². The summed E-state index contributed by atoms with van der Waals surface area (Å²) >= 11 is 0. The Balaban J connectivity index is 2.31. The number of fused-ring (bicyclic) bond motifs is 3. The largest absolute Gasteiger partial charge is 0.472 e. The summed E-state index contributed by atoms with van der Waals surface area (Å²) in [6.07, 6.45) is 0.257. The molecule has 3 nitrogen and oxygen atoms in total. The summed E-state index contributed by atoms with van der Waals surface area (Å²) in [4.78, 5) is 0. The predicted molar refractivity (Wildman–Crippen MR) is 49.8 cm³/mol. The third-order valence-corrected chi connectivity index (χ3v) is 2.34. The van der Waals surface area contributed by atoms with Gasteiger partial charge in [-0.3, -0.25) is 0 Å². The van der Waals surface area contributed by atoms with E-state index in [0.717, 1.165) is 23.3 Å². The summed E-state index contributed by atoms with van der Waals surface area (Å²) in [5.41, 5.74) is 1.02. The van der Waals surface area contributed by atoms with Crippen LogP contribution in [0.4, 0.5) is 0 Å². The van der Waals surface area contributed by atoms with Crippen LogP contribution in [0.3, 0.4) is 0 Å². The first kappa shape index (κ1) is 6.95. The highest BCUT2D eigenvalue weighted by Gasteiger charge is 2.22. The number of hydrogen-bond acceptors (Lipinski definition) is 2. The van der Waals surface area contributed by atoms with Gasteiger partial charge >= 0.3 is 0 Å². The van der Waals surface area contributed by atoms with Crippen molar-refractivity contribution in [2.75, 3.05) is 0 Å². The van der Waals surface area contributed by atoms with Gasteiger partial charge in [0, 0.05) is 0 Å². The second-order valence-electron chi connectivity index (χ2n) is 3.43. The van der Waals surface area contributed by atoms with E-state index in [9.17, 15) is 0 Å². The van der Waals surface area contributed by atoms with Crippen molar-refractivity contribution < 1.29 is 4.74 Å². The Morgan fingerprint density at radius 1 is 1.46 bits per heavy atom. The fraction of sp³-hybridized carbons (Fsp3) is 0.300. The molecule has 0 saturated heterocycles. The summed E-state index contributed by atoms with van der Waals surface area (Å²) in [6, 6.07) is 8.06. The minimum atomic E-state index is 0.257. The Kier molecular flexibility index (Phi) is 1.20. The molecule has 13 heavy (non-hydrogen) atoms. The zero-order valence-corrected chi connectivity index (χ0v) is 7.40. The molecule has 1 atom stereocenters. The molecule has 1 aromatic carbocycles. The molecule has 1 aromatic heterocycles. The van der Waals surface area contributed by atoms with Crippen molar-refractivity contribution in [3.63, 3.8) is 0 Å². The van der Waals surface area contributed by atoms with Gasteiger partial charge in [0.05, 0.1) is 17.4 Å². The highest BCUT2D eigenvalue weighted by Crippen LogP contribution is 2.30. The van der Waals surface area contributed by atoms with Gasteiger partial charge in [-0.15, -0.1) is 0 Å². The summed E-state index contributed by atoms with van der Waals surface area (Å²) in [7, 11) is 0. The van der Waals surface area contributed by atoms with Gasteiger partial charge in [0.15, 0.2) is 0 Å². The van der Waals surface area contributed by atoms with Gasteiger partial charge in [0.1, 0.15) is 6.10 Å². The van der Waals surface area contributed by atoms with E-state index in [1.807, 2.05) is 28.9 Å². The maximum atomic E-state index is 5.66. The number of hydrogen-bond donors (Lipinski definition) is 0. The molecule has 3 heteroatoms. The smallest absolute Gasteiger partial charge is 0.220 e. The molecular weight excluding hydrogens is 164 g/mol. The lowest BCUT2D eigenvalue weighted by Crippen LogP contribution is -2.08. The highest BCUT2D eigenvalue weighted by atomic mass is 16.5. The monoisotopic (exact) mass is 174 g/mol. The van der Waals surface area contributed by atoms with E-state index in [4.69, 9.17) is 4.74 Å². The van der Waals surface area contributed by atoms with Gasteiger partial charge in [-0.2, -0.15) is 5.10 Å². The van der Waals surface area contributed by atoms with E-state index in [0.29, 0.717) is 0 Å². The highest BCUT2D eigenvalue weighted by molar-refractivity contribution is 5.84. The second-order valence-corrected chi connectivity index (χ2v) is 3.43. The fourth-order valence-electron chi connectivity index (χ4n) is 1.78. The molecule has 0 fully saturated rings. The van der Waals surface area contributed by atoms with Gasteiger partial charge < -0.3 is 4.74 Å². The molecule has 2 heterocycles. The molecule has 66 valence electrons.